The van der Waals surface area contributed by atoms with Crippen molar-refractivity contribution >= 4 is 27.5 Å². The van der Waals surface area contributed by atoms with Crippen LogP contribution in [0.3, 0.4) is 0 Å². The van der Waals surface area contributed by atoms with E-state index < -0.39 is 11.9 Å². The molecule has 8 rings (SSSR count). The maximum atomic E-state index is 17.0. The van der Waals surface area contributed by atoms with Gasteiger partial charge in [0.1, 0.15) is 17.0 Å². The number of hydrogen-bond acceptors (Lipinski definition) is 8. The lowest BCUT2D eigenvalue weighted by molar-refractivity contribution is -0.0845. The molecule has 254 valence electrons. The predicted octanol–water partition coefficient (Wildman–Crippen LogP) is 7.09. The summed E-state index contributed by atoms with van der Waals surface area (Å²) in [4.78, 5) is 19.3. The second kappa shape index (κ2) is 13.1. The van der Waals surface area contributed by atoms with Gasteiger partial charge < -0.3 is 19.5 Å². The number of aliphatic hydroxyl groups excluding tert-OH is 1. The van der Waals surface area contributed by atoms with Crippen LogP contribution in [0.2, 0.25) is 0 Å². The van der Waals surface area contributed by atoms with Crippen molar-refractivity contribution in [2.45, 2.75) is 102 Å². The second-order valence-corrected chi connectivity index (χ2v) is 14.7. The van der Waals surface area contributed by atoms with Crippen LogP contribution < -0.4 is 9.64 Å². The number of fused-ring (bicyclic) bond motifs is 3. The van der Waals surface area contributed by atoms with Gasteiger partial charge in [0.2, 0.25) is 0 Å². The van der Waals surface area contributed by atoms with Crippen LogP contribution in [0.15, 0.2) is 42.6 Å². The molecule has 2 aliphatic carbocycles. The third-order valence-corrected chi connectivity index (χ3v) is 11.9. The molecule has 4 heterocycles. The third-order valence-electron chi connectivity index (χ3n) is 11.9. The summed E-state index contributed by atoms with van der Waals surface area (Å²) in [5.74, 6) is 0.125. The van der Waals surface area contributed by atoms with Crippen LogP contribution in [0.5, 0.6) is 6.01 Å². The molecule has 0 amide bonds. The monoisotopic (exact) mass is 653 g/mol. The van der Waals surface area contributed by atoms with E-state index in [4.69, 9.17) is 24.4 Å². The van der Waals surface area contributed by atoms with Crippen molar-refractivity contribution < 1.29 is 19.0 Å². The topological polar surface area (TPSA) is 83.8 Å². The number of rotatable bonds is 8. The van der Waals surface area contributed by atoms with Crippen molar-refractivity contribution in [3.05, 3.63) is 54.0 Å². The molecule has 0 bridgehead atoms. The highest BCUT2D eigenvalue weighted by molar-refractivity contribution is 6.00. The summed E-state index contributed by atoms with van der Waals surface area (Å²) in [5, 5.41) is 13.4. The number of nitrogens with zero attached hydrogens (tertiary/aromatic N) is 5. The average Bonchev–Trinajstić information content (AvgIpc) is 3.41. The number of aliphatic hydroxyl groups is 1. The number of aromatic nitrogens is 3. The Morgan fingerprint density at radius 1 is 1.00 bits per heavy atom. The number of anilines is 1. The molecule has 4 aliphatic rings. The van der Waals surface area contributed by atoms with Gasteiger partial charge in [-0.2, -0.15) is 9.97 Å². The number of methoxy groups -OCH3 is 1. The van der Waals surface area contributed by atoms with Gasteiger partial charge in [0, 0.05) is 49.5 Å². The number of halogens is 1. The summed E-state index contributed by atoms with van der Waals surface area (Å²) in [6.45, 7) is 4.93. The minimum atomic E-state index is -0.474. The molecule has 2 aromatic carbocycles. The van der Waals surface area contributed by atoms with E-state index in [2.05, 4.69) is 41.0 Å². The molecule has 3 atom stereocenters. The first-order chi connectivity index (χ1) is 23.5. The quantitative estimate of drug-likeness (QED) is 0.216. The highest BCUT2D eigenvalue weighted by Crippen LogP contribution is 2.50. The number of pyridine rings is 1. The summed E-state index contributed by atoms with van der Waals surface area (Å²) < 4.78 is 29.2. The van der Waals surface area contributed by atoms with Crippen molar-refractivity contribution in [1.82, 2.24) is 19.9 Å². The molecule has 2 aromatic heterocycles. The number of ether oxygens (including phenoxy) is 2. The molecule has 0 spiro atoms. The minimum absolute atomic E-state index is 0.0368. The lowest BCUT2D eigenvalue weighted by Crippen LogP contribution is -2.59. The zero-order valence-electron chi connectivity index (χ0n) is 28.3. The summed E-state index contributed by atoms with van der Waals surface area (Å²) in [6.07, 6.45) is 13.0. The molecular weight excluding hydrogens is 605 g/mol. The van der Waals surface area contributed by atoms with Gasteiger partial charge in [0.25, 0.3) is 0 Å². The normalized spacial score (nSPS) is 28.0. The summed E-state index contributed by atoms with van der Waals surface area (Å²) in [5.41, 5.74) is 2.46. The van der Waals surface area contributed by atoms with Crippen LogP contribution in [0.1, 0.15) is 76.7 Å². The number of aryl methyl sites for hydroxylation is 1. The van der Waals surface area contributed by atoms with Crippen LogP contribution in [0.4, 0.5) is 10.2 Å². The Bertz CT molecular complexity index is 1790. The Kier molecular flexibility index (Phi) is 8.72. The minimum Gasteiger partial charge on any atom is -0.463 e. The van der Waals surface area contributed by atoms with Crippen LogP contribution >= 0.6 is 0 Å². The van der Waals surface area contributed by atoms with Crippen molar-refractivity contribution in [2.75, 3.05) is 38.3 Å². The van der Waals surface area contributed by atoms with E-state index in [0.717, 1.165) is 92.8 Å². The Morgan fingerprint density at radius 2 is 1.83 bits per heavy atom. The maximum Gasteiger partial charge on any atom is 0.319 e. The largest absolute Gasteiger partial charge is 0.463 e. The molecule has 3 unspecified atom stereocenters. The van der Waals surface area contributed by atoms with Gasteiger partial charge in [0.05, 0.1) is 24.2 Å². The molecule has 48 heavy (non-hydrogen) atoms. The van der Waals surface area contributed by atoms with Gasteiger partial charge in [-0.15, -0.1) is 0 Å². The van der Waals surface area contributed by atoms with Crippen LogP contribution in [-0.4, -0.2) is 82.6 Å². The van der Waals surface area contributed by atoms with Gasteiger partial charge in [-0.3, -0.25) is 9.88 Å². The third kappa shape index (κ3) is 5.61. The Morgan fingerprint density at radius 3 is 2.67 bits per heavy atom. The van der Waals surface area contributed by atoms with E-state index >= 15 is 4.39 Å². The molecule has 8 nitrogen and oxygen atoms in total. The molecule has 2 saturated heterocycles. The smallest absolute Gasteiger partial charge is 0.319 e. The zero-order valence-corrected chi connectivity index (χ0v) is 28.3. The molecule has 2 aliphatic heterocycles. The predicted molar refractivity (Wildman–Crippen MR) is 187 cm³/mol. The SMILES string of the molecule is CCc1cccc2cccc(-c3ncc4c(N5CCCCC(O)C5)nc(OCC56CCCC5N(C5CC(OC)C5)CCC6)nc4c3F)c12. The van der Waals surface area contributed by atoms with E-state index in [-0.39, 0.29) is 22.6 Å². The molecule has 9 heteroatoms. The van der Waals surface area contributed by atoms with E-state index in [0.29, 0.717) is 42.5 Å². The highest BCUT2D eigenvalue weighted by atomic mass is 19.1. The van der Waals surface area contributed by atoms with Gasteiger partial charge in [-0.1, -0.05) is 49.7 Å². The number of benzene rings is 2. The number of β-amino-alcohol motifs (C(OH)–C–C–N with tert-alkyl or cyclic N) is 1. The lowest BCUT2D eigenvalue weighted by Gasteiger charge is -2.53. The molecule has 4 fully saturated rings. The van der Waals surface area contributed by atoms with E-state index in [1.165, 1.54) is 12.8 Å². The fourth-order valence-corrected chi connectivity index (χ4v) is 9.32. The van der Waals surface area contributed by atoms with Gasteiger partial charge in [0.15, 0.2) is 5.82 Å². The highest BCUT2D eigenvalue weighted by Gasteiger charge is 2.51. The van der Waals surface area contributed by atoms with Gasteiger partial charge >= 0.3 is 6.01 Å². The first kappa shape index (κ1) is 31.8. The van der Waals surface area contributed by atoms with Crippen molar-refractivity contribution in [2.24, 2.45) is 5.41 Å². The summed E-state index contributed by atoms with van der Waals surface area (Å²) >= 11 is 0. The standard InChI is InChI=1S/C39H48FN5O3/c1-3-25-10-6-11-26-12-7-14-30(33(25)26)35-34(40)36-31(22-41-35)37(44-18-5-4-13-28(46)23-44)43-38(42-36)48-24-39-16-8-15-32(39)45(19-9-17-39)27-20-29(21-27)47-2/h6-7,10-12,14,22,27-29,32,46H,3-5,8-9,13,15-21,23-24H2,1-2H3. The zero-order chi connectivity index (χ0) is 32.8. The summed E-state index contributed by atoms with van der Waals surface area (Å²) in [6, 6.07) is 13.5. The number of piperidine rings is 1. The van der Waals surface area contributed by atoms with E-state index in [1.807, 2.05) is 19.2 Å². The van der Waals surface area contributed by atoms with Crippen LogP contribution in [-0.2, 0) is 11.2 Å². The maximum absolute atomic E-state index is 17.0. The van der Waals surface area contributed by atoms with E-state index in [1.54, 1.807) is 6.20 Å². The molecule has 4 aromatic rings. The van der Waals surface area contributed by atoms with Crippen molar-refractivity contribution in [3.8, 4) is 17.3 Å². The molecule has 1 N–H and O–H groups in total. The first-order valence-electron chi connectivity index (χ1n) is 18.2. The van der Waals surface area contributed by atoms with E-state index in [9.17, 15) is 5.11 Å². The van der Waals surface area contributed by atoms with Gasteiger partial charge in [-0.25, -0.2) is 4.39 Å². The Hall–Kier alpha value is -3.40. The lowest BCUT2D eigenvalue weighted by atomic mass is 9.73. The molecular formula is C39H48FN5O3. The fourth-order valence-electron chi connectivity index (χ4n) is 9.32. The van der Waals surface area contributed by atoms with Crippen molar-refractivity contribution in [3.63, 3.8) is 0 Å². The van der Waals surface area contributed by atoms with Gasteiger partial charge in [-0.05, 0) is 87.1 Å². The second-order valence-electron chi connectivity index (χ2n) is 14.7. The Balaban J connectivity index is 1.18. The van der Waals surface area contributed by atoms with Crippen LogP contribution in [0, 0.1) is 11.2 Å². The molecule has 2 saturated carbocycles. The Labute approximate surface area is 282 Å². The molecule has 0 radical (unpaired) electrons. The van der Waals surface area contributed by atoms with Crippen molar-refractivity contribution in [1.29, 1.82) is 0 Å². The average molecular weight is 654 g/mol. The fraction of sp³-hybridized carbons (Fsp3) is 0.564. The van der Waals surface area contributed by atoms with Crippen LogP contribution in [0.25, 0.3) is 32.9 Å². The number of hydrogen-bond donors (Lipinski definition) is 1. The first-order valence-corrected chi connectivity index (χ1v) is 18.2. The number of likely N-dealkylation sites (tertiary alicyclic amines) is 1. The summed E-state index contributed by atoms with van der Waals surface area (Å²) in [7, 11) is 1.82.